The van der Waals surface area contributed by atoms with Crippen molar-refractivity contribution < 1.29 is 0 Å². The molecule has 0 amide bonds. The van der Waals surface area contributed by atoms with E-state index >= 15 is 0 Å². The Hall–Kier alpha value is -7.88. The van der Waals surface area contributed by atoms with Gasteiger partial charge in [0.2, 0.25) is 0 Å². The molecule has 70 heavy (non-hydrogen) atoms. The van der Waals surface area contributed by atoms with Crippen LogP contribution in [0, 0.1) is 6.92 Å². The number of fused-ring (bicyclic) bond motifs is 8. The fourth-order valence-corrected chi connectivity index (χ4v) is 14.0. The van der Waals surface area contributed by atoms with Crippen molar-refractivity contribution in [1.82, 2.24) is 0 Å². The van der Waals surface area contributed by atoms with Crippen molar-refractivity contribution in [3.63, 3.8) is 0 Å². The summed E-state index contributed by atoms with van der Waals surface area (Å²) in [6, 6.07) is 96.9. The zero-order valence-corrected chi connectivity index (χ0v) is 40.3. The molecule has 0 N–H and O–H groups in total. The maximum absolute atomic E-state index is 2.43. The molecule has 2 aliphatic heterocycles. The van der Waals surface area contributed by atoms with Crippen molar-refractivity contribution in [3.05, 3.63) is 289 Å². The smallest absolute Gasteiger partial charge is 0.0745 e. The molecule has 0 fully saturated rings. The average Bonchev–Trinajstić information content (AvgIpc) is 3.43. The topological polar surface area (TPSA) is 0 Å². The Balaban J connectivity index is 1.11. The predicted molar refractivity (Wildman–Crippen MR) is 296 cm³/mol. The normalized spacial score (nSPS) is 12.9. The summed E-state index contributed by atoms with van der Waals surface area (Å²) in [6.45, 7) is 2.29. The van der Waals surface area contributed by atoms with Crippen molar-refractivity contribution in [2.24, 2.45) is 0 Å². The lowest BCUT2D eigenvalue weighted by Crippen LogP contribution is -2.36. The maximum atomic E-state index is 2.43. The van der Waals surface area contributed by atoms with Gasteiger partial charge in [-0.2, -0.15) is 0 Å². The molecule has 0 radical (unpaired) electrons. The summed E-state index contributed by atoms with van der Waals surface area (Å²) in [5, 5.41) is 0. The van der Waals surface area contributed by atoms with Crippen LogP contribution in [0.2, 0.25) is 0 Å². The highest BCUT2D eigenvalue weighted by Crippen LogP contribution is 2.63. The van der Waals surface area contributed by atoms with E-state index in [4.69, 9.17) is 0 Å². The third-order valence-electron chi connectivity index (χ3n) is 14.3. The minimum atomic E-state index is -0.477. The first-order chi connectivity index (χ1) is 34.7. The summed E-state index contributed by atoms with van der Waals surface area (Å²) in [5.41, 5.74) is 23.0. The van der Waals surface area contributed by atoms with Crippen LogP contribution in [0.4, 0.5) is 0 Å². The van der Waals surface area contributed by atoms with E-state index < -0.39 is 5.41 Å². The first-order valence-corrected chi connectivity index (χ1v) is 25.7. The minimum absolute atomic E-state index is 0.477. The molecule has 0 saturated carbocycles. The fourth-order valence-electron chi connectivity index (χ4n) is 11.4. The largest absolute Gasteiger partial charge is 0.0894 e. The summed E-state index contributed by atoms with van der Waals surface area (Å²) >= 11 is 3.82. The van der Waals surface area contributed by atoms with Gasteiger partial charge in [-0.1, -0.05) is 266 Å². The lowest BCUT2D eigenvalue weighted by atomic mass is 9.64. The van der Waals surface area contributed by atoms with Gasteiger partial charge >= 0.3 is 0 Å². The summed E-state index contributed by atoms with van der Waals surface area (Å²) in [4.78, 5) is 5.25. The van der Waals surface area contributed by atoms with Gasteiger partial charge in [0.1, 0.15) is 0 Å². The molecule has 0 aliphatic carbocycles. The number of aryl methyl sites for hydroxylation is 1. The highest BCUT2D eigenvalue weighted by molar-refractivity contribution is 8.00. The van der Waals surface area contributed by atoms with Crippen molar-refractivity contribution in [3.8, 4) is 77.9 Å². The van der Waals surface area contributed by atoms with Crippen LogP contribution < -0.4 is 0 Å². The van der Waals surface area contributed by atoms with Crippen LogP contribution >= 0.6 is 23.5 Å². The average molecular weight is 927 g/mol. The second-order valence-corrected chi connectivity index (χ2v) is 20.4. The van der Waals surface area contributed by atoms with Crippen LogP contribution in [0.25, 0.3) is 77.9 Å². The van der Waals surface area contributed by atoms with Crippen molar-refractivity contribution >= 4 is 23.5 Å². The zero-order chi connectivity index (χ0) is 46.6. The van der Waals surface area contributed by atoms with Crippen molar-refractivity contribution in [1.29, 1.82) is 0 Å². The molecule has 0 bridgehead atoms. The van der Waals surface area contributed by atoms with Gasteiger partial charge < -0.3 is 0 Å². The quantitative estimate of drug-likeness (QED) is 0.156. The van der Waals surface area contributed by atoms with Gasteiger partial charge in [-0.3, -0.25) is 0 Å². The Morgan fingerprint density at radius 2 is 0.500 bits per heavy atom. The lowest BCUT2D eigenvalue weighted by molar-refractivity contribution is 0.667. The van der Waals surface area contributed by atoms with Gasteiger partial charge in [0.25, 0.3) is 0 Å². The van der Waals surface area contributed by atoms with Gasteiger partial charge in [-0.15, -0.1) is 0 Å². The molecule has 0 atom stereocenters. The third kappa shape index (κ3) is 6.77. The molecule has 11 aromatic carbocycles. The van der Waals surface area contributed by atoms with Crippen molar-refractivity contribution in [2.75, 3.05) is 0 Å². The minimum Gasteiger partial charge on any atom is -0.0894 e. The number of hydrogen-bond donors (Lipinski definition) is 0. The van der Waals surface area contributed by atoms with E-state index in [0.717, 1.165) is 0 Å². The Labute approximate surface area is 419 Å². The Morgan fingerprint density at radius 3 is 0.843 bits per heavy atom. The predicted octanol–water partition coefficient (Wildman–Crippen LogP) is 19.0. The standard InChI is InChI=1S/C68H46S2/c1-45-39-44-56-67(70-59-38-22-19-35-55(59)68(56)53-33-17-20-36-57(53)69-58-37-21-18-34-54(58)68)60(45)51-40-42-52(43-41-51)66-64(49-29-13-5-14-30-49)62(47-25-9-3-10-26-47)61(46-23-7-2-8-24-46)63(48-27-11-4-12-28-48)65(66)50-31-15-6-16-32-50/h2-44H,1H3. The summed E-state index contributed by atoms with van der Waals surface area (Å²) < 4.78 is 0. The van der Waals surface area contributed by atoms with E-state index in [0.29, 0.717) is 0 Å². The number of hydrogen-bond acceptors (Lipinski definition) is 2. The fraction of sp³-hybridized carbons (Fsp3) is 0.0294. The van der Waals surface area contributed by atoms with Gasteiger partial charge in [0.15, 0.2) is 0 Å². The molecule has 0 saturated heterocycles. The summed E-state index contributed by atoms with van der Waals surface area (Å²) in [5.74, 6) is 0. The maximum Gasteiger partial charge on any atom is 0.0745 e. The zero-order valence-electron chi connectivity index (χ0n) is 38.6. The van der Waals surface area contributed by atoms with E-state index in [1.807, 2.05) is 23.5 Å². The number of rotatable bonds is 7. The second-order valence-electron chi connectivity index (χ2n) is 18.2. The Morgan fingerprint density at radius 1 is 0.229 bits per heavy atom. The van der Waals surface area contributed by atoms with Crippen LogP contribution in [0.5, 0.6) is 0 Å². The van der Waals surface area contributed by atoms with Gasteiger partial charge in [0.05, 0.1) is 5.41 Å². The molecule has 2 heterocycles. The molecule has 0 nitrogen and oxygen atoms in total. The number of benzene rings is 11. The summed E-state index contributed by atoms with van der Waals surface area (Å²) in [7, 11) is 0. The van der Waals surface area contributed by atoms with Crippen LogP contribution in [0.1, 0.15) is 27.8 Å². The van der Waals surface area contributed by atoms with Crippen LogP contribution in [0.15, 0.2) is 280 Å². The molecule has 2 heteroatoms. The summed E-state index contributed by atoms with van der Waals surface area (Å²) in [6.07, 6.45) is 0. The molecule has 11 aromatic rings. The molecule has 2 aliphatic rings. The molecule has 0 unspecified atom stereocenters. The SMILES string of the molecule is Cc1ccc2c(c1-c1ccc(-c3c(-c4ccccc4)c(-c4ccccc4)c(-c4ccccc4)c(-c4ccccc4)c3-c3ccccc3)cc1)Sc1ccccc1C21c2ccccc2Sc2ccccc21. The first-order valence-electron chi connectivity index (χ1n) is 24.1. The first kappa shape index (κ1) is 42.2. The van der Waals surface area contributed by atoms with Gasteiger partial charge in [0, 0.05) is 19.6 Å². The van der Waals surface area contributed by atoms with Gasteiger partial charge in [-0.05, 0) is 131 Å². The van der Waals surface area contributed by atoms with Crippen LogP contribution in [0.3, 0.4) is 0 Å². The monoisotopic (exact) mass is 926 g/mol. The Kier molecular flexibility index (Phi) is 10.6. The lowest BCUT2D eigenvalue weighted by Gasteiger charge is -2.46. The molecule has 1 spiro atoms. The van der Waals surface area contributed by atoms with Crippen LogP contribution in [-0.4, -0.2) is 0 Å². The van der Waals surface area contributed by atoms with E-state index in [-0.39, 0.29) is 0 Å². The molecule has 330 valence electrons. The highest BCUT2D eigenvalue weighted by atomic mass is 32.2. The molecular formula is C68H46S2. The van der Waals surface area contributed by atoms with Gasteiger partial charge in [-0.25, -0.2) is 0 Å². The van der Waals surface area contributed by atoms with Crippen molar-refractivity contribution in [2.45, 2.75) is 31.9 Å². The van der Waals surface area contributed by atoms with E-state index in [1.54, 1.807) is 0 Å². The van der Waals surface area contributed by atoms with E-state index in [9.17, 15) is 0 Å². The van der Waals surface area contributed by atoms with E-state index in [2.05, 4.69) is 268 Å². The third-order valence-corrected chi connectivity index (χ3v) is 16.7. The van der Waals surface area contributed by atoms with Crippen LogP contribution in [-0.2, 0) is 5.41 Å². The molecule has 13 rings (SSSR count). The molecule has 0 aromatic heterocycles. The van der Waals surface area contributed by atoms with E-state index in [1.165, 1.54) is 125 Å². The second kappa shape index (κ2) is 17.6. The highest BCUT2D eigenvalue weighted by Gasteiger charge is 2.49. The molecular weight excluding hydrogens is 881 g/mol. The Bertz CT molecular complexity index is 3560.